The summed E-state index contributed by atoms with van der Waals surface area (Å²) in [7, 11) is 0. The number of ether oxygens (including phenoxy) is 1. The topological polar surface area (TPSA) is 67.5 Å². The van der Waals surface area contributed by atoms with Crippen molar-refractivity contribution in [1.82, 2.24) is 24.9 Å². The standard InChI is InChI=1S/C19H27N5O2/c1-19(2,24-10-12-25-13-11-24)14-23-9-3-4-16(23)18-21-17(22-26-18)15-5-7-20-8-6-15/h5-8,16H,3-4,9-14H2,1-2H3/t16-/m1/s1. The Kier molecular flexibility index (Phi) is 5.02. The van der Waals surface area contributed by atoms with Gasteiger partial charge in [-0.3, -0.25) is 14.8 Å². The normalized spacial score (nSPS) is 22.8. The molecular weight excluding hydrogens is 330 g/mol. The highest BCUT2D eigenvalue weighted by Gasteiger charge is 2.37. The molecule has 7 nitrogen and oxygen atoms in total. The number of rotatable bonds is 5. The van der Waals surface area contributed by atoms with E-state index in [4.69, 9.17) is 9.26 Å². The van der Waals surface area contributed by atoms with Crippen LogP contribution < -0.4 is 0 Å². The summed E-state index contributed by atoms with van der Waals surface area (Å²) in [5, 5.41) is 4.18. The molecule has 1 atom stereocenters. The summed E-state index contributed by atoms with van der Waals surface area (Å²) in [4.78, 5) is 13.7. The van der Waals surface area contributed by atoms with Crippen LogP contribution in [0.25, 0.3) is 11.4 Å². The van der Waals surface area contributed by atoms with Gasteiger partial charge in [-0.15, -0.1) is 0 Å². The minimum atomic E-state index is 0.0975. The van der Waals surface area contributed by atoms with Crippen LogP contribution in [0.1, 0.15) is 38.6 Å². The molecule has 0 bridgehead atoms. The second-order valence-corrected chi connectivity index (χ2v) is 7.73. The molecule has 7 heteroatoms. The fraction of sp³-hybridized carbons (Fsp3) is 0.632. The molecule has 0 spiro atoms. The fourth-order valence-electron chi connectivity index (χ4n) is 4.05. The molecule has 2 saturated heterocycles. The van der Waals surface area contributed by atoms with Gasteiger partial charge in [0.15, 0.2) is 0 Å². The molecule has 0 radical (unpaired) electrons. The van der Waals surface area contributed by atoms with Crippen LogP contribution in [0.15, 0.2) is 29.0 Å². The quantitative estimate of drug-likeness (QED) is 0.814. The summed E-state index contributed by atoms with van der Waals surface area (Å²) in [6.07, 6.45) is 5.73. The summed E-state index contributed by atoms with van der Waals surface area (Å²) in [6, 6.07) is 4.02. The maximum atomic E-state index is 5.64. The fourth-order valence-corrected chi connectivity index (χ4v) is 4.05. The third-order valence-corrected chi connectivity index (χ3v) is 5.49. The average Bonchev–Trinajstić information content (AvgIpc) is 3.32. The first-order valence-corrected chi connectivity index (χ1v) is 9.44. The van der Waals surface area contributed by atoms with E-state index in [1.54, 1.807) is 12.4 Å². The van der Waals surface area contributed by atoms with E-state index in [9.17, 15) is 0 Å². The maximum absolute atomic E-state index is 5.64. The number of hydrogen-bond acceptors (Lipinski definition) is 7. The van der Waals surface area contributed by atoms with Gasteiger partial charge in [0.05, 0.1) is 19.3 Å². The van der Waals surface area contributed by atoms with E-state index in [1.807, 2.05) is 12.1 Å². The third kappa shape index (κ3) is 3.65. The van der Waals surface area contributed by atoms with Crippen LogP contribution >= 0.6 is 0 Å². The van der Waals surface area contributed by atoms with Crippen LogP contribution in [0.4, 0.5) is 0 Å². The van der Waals surface area contributed by atoms with E-state index in [-0.39, 0.29) is 11.6 Å². The van der Waals surface area contributed by atoms with Gasteiger partial charge in [-0.2, -0.15) is 4.98 Å². The highest BCUT2D eigenvalue weighted by atomic mass is 16.5. The zero-order chi connectivity index (χ0) is 18.0. The van der Waals surface area contributed by atoms with Crippen molar-refractivity contribution in [1.29, 1.82) is 0 Å². The van der Waals surface area contributed by atoms with Crippen molar-refractivity contribution in [3.8, 4) is 11.4 Å². The van der Waals surface area contributed by atoms with E-state index >= 15 is 0 Å². The van der Waals surface area contributed by atoms with E-state index < -0.39 is 0 Å². The van der Waals surface area contributed by atoms with Crippen LogP contribution in [0.5, 0.6) is 0 Å². The number of morpholine rings is 1. The van der Waals surface area contributed by atoms with Gasteiger partial charge < -0.3 is 9.26 Å². The van der Waals surface area contributed by atoms with Gasteiger partial charge in [0.1, 0.15) is 0 Å². The Labute approximate surface area is 154 Å². The molecule has 0 amide bonds. The Morgan fingerprint density at radius 1 is 1.15 bits per heavy atom. The van der Waals surface area contributed by atoms with Gasteiger partial charge in [-0.1, -0.05) is 5.16 Å². The van der Waals surface area contributed by atoms with E-state index in [2.05, 4.69) is 38.8 Å². The molecule has 2 fully saturated rings. The van der Waals surface area contributed by atoms with Crippen molar-refractivity contribution in [2.75, 3.05) is 39.4 Å². The van der Waals surface area contributed by atoms with Crippen LogP contribution in [-0.2, 0) is 4.74 Å². The summed E-state index contributed by atoms with van der Waals surface area (Å²) in [6.45, 7) is 10.4. The lowest BCUT2D eigenvalue weighted by Gasteiger charge is -2.43. The first-order valence-electron chi connectivity index (χ1n) is 9.44. The molecule has 0 N–H and O–H groups in total. The zero-order valence-electron chi connectivity index (χ0n) is 15.6. The molecule has 0 unspecified atom stereocenters. The molecule has 2 aromatic heterocycles. The molecule has 2 aliphatic rings. The summed E-state index contributed by atoms with van der Waals surface area (Å²) >= 11 is 0. The maximum Gasteiger partial charge on any atom is 0.244 e. The van der Waals surface area contributed by atoms with Gasteiger partial charge >= 0.3 is 0 Å². The van der Waals surface area contributed by atoms with Crippen LogP contribution in [0.2, 0.25) is 0 Å². The van der Waals surface area contributed by atoms with Crippen LogP contribution in [-0.4, -0.2) is 69.9 Å². The predicted molar refractivity (Wildman–Crippen MR) is 97.5 cm³/mol. The molecule has 0 aliphatic carbocycles. The van der Waals surface area contributed by atoms with Crippen LogP contribution in [0.3, 0.4) is 0 Å². The molecule has 0 saturated carbocycles. The van der Waals surface area contributed by atoms with Gasteiger partial charge in [0, 0.05) is 43.1 Å². The second-order valence-electron chi connectivity index (χ2n) is 7.73. The Hall–Kier alpha value is -1.83. The van der Waals surface area contributed by atoms with Gasteiger partial charge in [-0.05, 0) is 45.4 Å². The summed E-state index contributed by atoms with van der Waals surface area (Å²) < 4.78 is 11.1. The lowest BCUT2D eigenvalue weighted by molar-refractivity contribution is -0.0241. The molecule has 140 valence electrons. The predicted octanol–water partition coefficient (Wildman–Crippen LogP) is 2.38. The van der Waals surface area contributed by atoms with Crippen molar-refractivity contribution >= 4 is 0 Å². The summed E-state index contributed by atoms with van der Waals surface area (Å²) in [5.41, 5.74) is 1.04. The molecule has 2 aliphatic heterocycles. The lowest BCUT2D eigenvalue weighted by atomic mass is 10.0. The Bertz CT molecular complexity index is 712. The highest BCUT2D eigenvalue weighted by Crippen LogP contribution is 2.34. The van der Waals surface area contributed by atoms with Gasteiger partial charge in [0.25, 0.3) is 0 Å². The molecule has 0 aromatic carbocycles. The highest BCUT2D eigenvalue weighted by molar-refractivity contribution is 5.52. The Morgan fingerprint density at radius 3 is 2.69 bits per heavy atom. The van der Waals surface area contributed by atoms with Crippen molar-refractivity contribution in [3.05, 3.63) is 30.4 Å². The second kappa shape index (κ2) is 7.42. The van der Waals surface area contributed by atoms with Crippen molar-refractivity contribution in [2.45, 2.75) is 38.3 Å². The van der Waals surface area contributed by atoms with Crippen molar-refractivity contribution in [2.24, 2.45) is 0 Å². The SMILES string of the molecule is CC(C)(CN1CCC[C@@H]1c1nc(-c2ccncc2)no1)N1CCOCC1. The molecule has 4 rings (SSSR count). The lowest BCUT2D eigenvalue weighted by Crippen LogP contribution is -2.55. The number of hydrogen-bond donors (Lipinski definition) is 0. The van der Waals surface area contributed by atoms with Crippen LogP contribution in [0, 0.1) is 0 Å². The number of pyridine rings is 1. The Morgan fingerprint density at radius 2 is 1.92 bits per heavy atom. The van der Waals surface area contributed by atoms with E-state index in [0.717, 1.165) is 63.7 Å². The van der Waals surface area contributed by atoms with Gasteiger partial charge in [-0.25, -0.2) is 0 Å². The van der Waals surface area contributed by atoms with E-state index in [1.165, 1.54) is 0 Å². The molecular formula is C19H27N5O2. The molecule has 2 aromatic rings. The molecule has 26 heavy (non-hydrogen) atoms. The minimum Gasteiger partial charge on any atom is -0.379 e. The number of nitrogens with zero attached hydrogens (tertiary/aromatic N) is 5. The summed E-state index contributed by atoms with van der Waals surface area (Å²) in [5.74, 6) is 1.37. The first kappa shape index (κ1) is 17.6. The monoisotopic (exact) mass is 357 g/mol. The average molecular weight is 357 g/mol. The molecule has 4 heterocycles. The first-order chi connectivity index (χ1) is 12.6. The van der Waals surface area contributed by atoms with Crippen molar-refractivity contribution < 1.29 is 9.26 Å². The van der Waals surface area contributed by atoms with E-state index in [0.29, 0.717) is 5.82 Å². The third-order valence-electron chi connectivity index (χ3n) is 5.49. The smallest absolute Gasteiger partial charge is 0.244 e. The number of aromatic nitrogens is 3. The Balaban J connectivity index is 1.47. The van der Waals surface area contributed by atoms with Gasteiger partial charge in [0.2, 0.25) is 11.7 Å². The largest absolute Gasteiger partial charge is 0.379 e. The number of likely N-dealkylation sites (tertiary alicyclic amines) is 1. The van der Waals surface area contributed by atoms with Crippen molar-refractivity contribution in [3.63, 3.8) is 0 Å². The minimum absolute atomic E-state index is 0.0975. The zero-order valence-corrected chi connectivity index (χ0v) is 15.6.